The van der Waals surface area contributed by atoms with E-state index in [-0.39, 0.29) is 18.5 Å². The van der Waals surface area contributed by atoms with Crippen molar-refractivity contribution in [2.24, 2.45) is 0 Å². The van der Waals surface area contributed by atoms with Gasteiger partial charge >= 0.3 is 6.03 Å². The summed E-state index contributed by atoms with van der Waals surface area (Å²) in [5, 5.41) is 7.11. The molecule has 1 fully saturated rings. The number of ether oxygens (including phenoxy) is 2. The summed E-state index contributed by atoms with van der Waals surface area (Å²) in [4.78, 5) is 27.8. The Labute approximate surface area is 161 Å². The summed E-state index contributed by atoms with van der Waals surface area (Å²) >= 11 is 1.70. The van der Waals surface area contributed by atoms with Gasteiger partial charge in [0.25, 0.3) is 0 Å². The van der Waals surface area contributed by atoms with Crippen LogP contribution in [-0.2, 0) is 4.79 Å². The number of likely N-dealkylation sites (tertiary alicyclic amines) is 1. The van der Waals surface area contributed by atoms with Crippen LogP contribution in [0.3, 0.4) is 0 Å². The van der Waals surface area contributed by atoms with Crippen LogP contribution in [0.1, 0.15) is 23.8 Å². The first-order valence-corrected chi connectivity index (χ1v) is 9.85. The number of nitrogens with zero attached hydrogens (tertiary/aromatic N) is 1. The Bertz CT molecular complexity index is 824. The molecule has 0 spiro atoms. The van der Waals surface area contributed by atoms with E-state index >= 15 is 0 Å². The van der Waals surface area contributed by atoms with Gasteiger partial charge in [0.15, 0.2) is 11.5 Å². The van der Waals surface area contributed by atoms with E-state index in [1.54, 1.807) is 29.5 Å². The van der Waals surface area contributed by atoms with Crippen molar-refractivity contribution in [3.8, 4) is 11.5 Å². The molecule has 1 atom stereocenters. The number of urea groups is 1. The van der Waals surface area contributed by atoms with E-state index in [0.717, 1.165) is 19.4 Å². The Morgan fingerprint density at radius 2 is 2.04 bits per heavy atom. The number of imide groups is 1. The van der Waals surface area contributed by atoms with Gasteiger partial charge in [-0.3, -0.25) is 15.0 Å². The average Bonchev–Trinajstić information content (AvgIpc) is 3.32. The molecule has 8 heteroatoms. The Kier molecular flexibility index (Phi) is 5.26. The van der Waals surface area contributed by atoms with Crippen LogP contribution in [0.15, 0.2) is 35.7 Å². The number of carbonyl (C=O) groups excluding carboxylic acids is 2. The molecule has 142 valence electrons. The lowest BCUT2D eigenvalue weighted by molar-refractivity contribution is -0.121. The Balaban J connectivity index is 1.31. The van der Waals surface area contributed by atoms with Gasteiger partial charge in [-0.15, -0.1) is 11.3 Å². The molecule has 1 aromatic heterocycles. The normalized spacial score (nSPS) is 18.9. The van der Waals surface area contributed by atoms with Crippen molar-refractivity contribution in [2.45, 2.75) is 18.9 Å². The van der Waals surface area contributed by atoms with Crippen molar-refractivity contribution in [3.63, 3.8) is 0 Å². The molecule has 0 aliphatic carbocycles. The summed E-state index contributed by atoms with van der Waals surface area (Å²) in [5.41, 5.74) is 0.544. The Morgan fingerprint density at radius 1 is 1.19 bits per heavy atom. The van der Waals surface area contributed by atoms with Crippen LogP contribution < -0.4 is 20.1 Å². The van der Waals surface area contributed by atoms with Gasteiger partial charge in [-0.1, -0.05) is 6.07 Å². The van der Waals surface area contributed by atoms with Gasteiger partial charge in [0, 0.05) is 22.7 Å². The van der Waals surface area contributed by atoms with Crippen molar-refractivity contribution in [2.75, 3.05) is 31.6 Å². The molecule has 0 unspecified atom stereocenters. The molecule has 3 heterocycles. The molecule has 0 bridgehead atoms. The zero-order chi connectivity index (χ0) is 18.6. The minimum absolute atomic E-state index is 0.205. The number of hydrogen-bond donors (Lipinski definition) is 2. The third kappa shape index (κ3) is 4.23. The molecule has 2 N–H and O–H groups in total. The molecule has 2 aromatic rings. The topological polar surface area (TPSA) is 79.9 Å². The smallest absolute Gasteiger partial charge is 0.325 e. The van der Waals surface area contributed by atoms with Crippen LogP contribution in [0.25, 0.3) is 0 Å². The fourth-order valence-electron chi connectivity index (χ4n) is 3.45. The molecule has 2 aliphatic rings. The molecule has 0 saturated carbocycles. The fourth-order valence-corrected chi connectivity index (χ4v) is 4.35. The van der Waals surface area contributed by atoms with Crippen LogP contribution in [0.2, 0.25) is 0 Å². The second-order valence-corrected chi connectivity index (χ2v) is 7.48. The lowest BCUT2D eigenvalue weighted by Crippen LogP contribution is -2.41. The number of amides is 3. The summed E-state index contributed by atoms with van der Waals surface area (Å²) in [7, 11) is 0. The number of anilines is 1. The van der Waals surface area contributed by atoms with Crippen molar-refractivity contribution < 1.29 is 19.1 Å². The average molecular weight is 387 g/mol. The van der Waals surface area contributed by atoms with E-state index in [4.69, 9.17) is 9.47 Å². The highest BCUT2D eigenvalue weighted by Crippen LogP contribution is 2.34. The molecule has 4 rings (SSSR count). The predicted octanol–water partition coefficient (Wildman–Crippen LogP) is 3.00. The highest BCUT2D eigenvalue weighted by molar-refractivity contribution is 7.10. The second-order valence-electron chi connectivity index (χ2n) is 6.50. The minimum Gasteiger partial charge on any atom is -0.486 e. The molecule has 1 saturated heterocycles. The van der Waals surface area contributed by atoms with Crippen molar-refractivity contribution in [3.05, 3.63) is 40.6 Å². The standard InChI is InChI=1S/C19H21N3O4S/c23-18(12-22-7-1-3-14(22)17-4-2-10-27-17)21-19(24)20-13-5-6-15-16(11-13)26-9-8-25-15/h2,4-6,10-11,14H,1,3,7-9,12H2,(H2,20,21,23,24)/t14-/m1/s1. The van der Waals surface area contributed by atoms with Gasteiger partial charge in [0.05, 0.1) is 6.54 Å². The predicted molar refractivity (Wildman–Crippen MR) is 102 cm³/mol. The molecule has 1 aromatic carbocycles. The summed E-state index contributed by atoms with van der Waals surface area (Å²) in [6.45, 7) is 2.05. The maximum atomic E-state index is 12.3. The van der Waals surface area contributed by atoms with Gasteiger partial charge in [-0.2, -0.15) is 0 Å². The van der Waals surface area contributed by atoms with E-state index in [9.17, 15) is 9.59 Å². The first kappa shape index (κ1) is 17.8. The van der Waals surface area contributed by atoms with Crippen LogP contribution in [0.4, 0.5) is 10.5 Å². The molecule has 2 aliphatic heterocycles. The summed E-state index contributed by atoms with van der Waals surface area (Å²) < 4.78 is 10.9. The molecule has 3 amide bonds. The summed E-state index contributed by atoms with van der Waals surface area (Å²) in [6, 6.07) is 8.97. The van der Waals surface area contributed by atoms with Crippen molar-refractivity contribution in [1.29, 1.82) is 0 Å². The number of rotatable bonds is 4. The van der Waals surface area contributed by atoms with E-state index in [2.05, 4.69) is 21.6 Å². The summed E-state index contributed by atoms with van der Waals surface area (Å²) in [6.07, 6.45) is 2.09. The van der Waals surface area contributed by atoms with Crippen LogP contribution in [-0.4, -0.2) is 43.1 Å². The number of fused-ring (bicyclic) bond motifs is 1. The Morgan fingerprint density at radius 3 is 2.85 bits per heavy atom. The van der Waals surface area contributed by atoms with Gasteiger partial charge in [-0.25, -0.2) is 4.79 Å². The van der Waals surface area contributed by atoms with Crippen LogP contribution in [0, 0.1) is 0 Å². The van der Waals surface area contributed by atoms with E-state index < -0.39 is 6.03 Å². The third-order valence-corrected chi connectivity index (χ3v) is 5.61. The molecule has 7 nitrogen and oxygen atoms in total. The van der Waals surface area contributed by atoms with E-state index in [1.165, 1.54) is 4.88 Å². The van der Waals surface area contributed by atoms with Crippen LogP contribution >= 0.6 is 11.3 Å². The molecule has 0 radical (unpaired) electrons. The van der Waals surface area contributed by atoms with Gasteiger partial charge < -0.3 is 14.8 Å². The van der Waals surface area contributed by atoms with Gasteiger partial charge in [0.2, 0.25) is 5.91 Å². The first-order valence-electron chi connectivity index (χ1n) is 8.97. The van der Waals surface area contributed by atoms with Crippen molar-refractivity contribution >= 4 is 29.0 Å². The second kappa shape index (κ2) is 7.98. The Hall–Kier alpha value is -2.58. The first-order chi connectivity index (χ1) is 13.2. The largest absolute Gasteiger partial charge is 0.486 e. The highest BCUT2D eigenvalue weighted by Gasteiger charge is 2.28. The van der Waals surface area contributed by atoms with Crippen molar-refractivity contribution in [1.82, 2.24) is 10.2 Å². The molecule has 27 heavy (non-hydrogen) atoms. The number of benzene rings is 1. The quantitative estimate of drug-likeness (QED) is 0.843. The van der Waals surface area contributed by atoms with E-state index in [0.29, 0.717) is 30.4 Å². The third-order valence-electron chi connectivity index (χ3n) is 4.63. The summed E-state index contributed by atoms with van der Waals surface area (Å²) in [5.74, 6) is 0.923. The van der Waals surface area contributed by atoms with Gasteiger partial charge in [0.1, 0.15) is 13.2 Å². The zero-order valence-corrected chi connectivity index (χ0v) is 15.6. The maximum Gasteiger partial charge on any atom is 0.325 e. The number of hydrogen-bond acceptors (Lipinski definition) is 6. The lowest BCUT2D eigenvalue weighted by atomic mass is 10.2. The number of carbonyl (C=O) groups is 2. The SMILES string of the molecule is O=C(CN1CCC[C@@H]1c1cccs1)NC(=O)Nc1ccc2c(c1)OCCO2. The van der Waals surface area contributed by atoms with E-state index in [1.807, 2.05) is 11.4 Å². The zero-order valence-electron chi connectivity index (χ0n) is 14.8. The highest BCUT2D eigenvalue weighted by atomic mass is 32.1. The minimum atomic E-state index is -0.552. The lowest BCUT2D eigenvalue weighted by Gasteiger charge is -2.22. The maximum absolute atomic E-state index is 12.3. The number of nitrogens with one attached hydrogen (secondary N) is 2. The number of thiophene rings is 1. The van der Waals surface area contributed by atoms with Gasteiger partial charge in [-0.05, 0) is 43.0 Å². The monoisotopic (exact) mass is 387 g/mol. The molecular weight excluding hydrogens is 366 g/mol. The molecular formula is C19H21N3O4S. The van der Waals surface area contributed by atoms with Crippen LogP contribution in [0.5, 0.6) is 11.5 Å². The fraction of sp³-hybridized carbons (Fsp3) is 0.368.